The van der Waals surface area contributed by atoms with E-state index in [0.717, 1.165) is 32.1 Å². The predicted octanol–water partition coefficient (Wildman–Crippen LogP) is 3.10. The molecule has 2 N–H and O–H groups in total. The molecule has 2 heteroatoms. The van der Waals surface area contributed by atoms with Crippen LogP contribution in [0.25, 0.3) is 0 Å². The molecule has 17 heavy (non-hydrogen) atoms. The second-order valence-corrected chi connectivity index (χ2v) is 6.14. The molecule has 1 rings (SSSR count). The fourth-order valence-electron chi connectivity index (χ4n) is 2.76. The molecule has 98 valence electrons. The summed E-state index contributed by atoms with van der Waals surface area (Å²) in [4.78, 5) is 0. The van der Waals surface area contributed by atoms with Gasteiger partial charge < -0.3 is 10.5 Å². The molecular formula is C15H27NO. The van der Waals surface area contributed by atoms with Gasteiger partial charge in [-0.05, 0) is 43.9 Å². The molecule has 1 fully saturated rings. The van der Waals surface area contributed by atoms with Gasteiger partial charge in [0.05, 0.1) is 5.60 Å². The molecule has 0 saturated heterocycles. The lowest BCUT2D eigenvalue weighted by Gasteiger charge is -2.46. The van der Waals surface area contributed by atoms with E-state index in [4.69, 9.17) is 16.9 Å². The Balaban J connectivity index is 2.55. The summed E-state index contributed by atoms with van der Waals surface area (Å²) in [6.07, 6.45) is 12.6. The van der Waals surface area contributed by atoms with E-state index < -0.39 is 0 Å². The molecule has 0 aromatic carbocycles. The number of ether oxygens (including phenoxy) is 1. The second-order valence-electron chi connectivity index (χ2n) is 6.14. The van der Waals surface area contributed by atoms with Crippen LogP contribution in [0.1, 0.15) is 58.8 Å². The summed E-state index contributed by atoms with van der Waals surface area (Å²) < 4.78 is 5.79. The average Bonchev–Trinajstić information content (AvgIpc) is 2.30. The zero-order valence-electron chi connectivity index (χ0n) is 11.6. The molecule has 0 heterocycles. The Hall–Kier alpha value is -0.520. The lowest BCUT2D eigenvalue weighted by Crippen LogP contribution is -2.52. The van der Waals surface area contributed by atoms with E-state index in [1.54, 1.807) is 7.11 Å². The molecule has 1 saturated carbocycles. The third-order valence-electron chi connectivity index (χ3n) is 4.37. The third-order valence-corrected chi connectivity index (χ3v) is 4.37. The van der Waals surface area contributed by atoms with Crippen LogP contribution in [0.4, 0.5) is 0 Å². The molecule has 1 aliphatic carbocycles. The van der Waals surface area contributed by atoms with Gasteiger partial charge in [-0.3, -0.25) is 0 Å². The molecule has 1 aliphatic rings. The zero-order valence-corrected chi connectivity index (χ0v) is 11.6. The lowest BCUT2D eigenvalue weighted by atomic mass is 9.68. The topological polar surface area (TPSA) is 35.2 Å². The predicted molar refractivity (Wildman–Crippen MR) is 72.6 cm³/mol. The van der Waals surface area contributed by atoms with Crippen molar-refractivity contribution in [3.8, 4) is 12.3 Å². The van der Waals surface area contributed by atoms with E-state index in [9.17, 15) is 0 Å². The molecule has 0 radical (unpaired) electrons. The average molecular weight is 237 g/mol. The van der Waals surface area contributed by atoms with Crippen LogP contribution in [0.5, 0.6) is 0 Å². The minimum absolute atomic E-state index is 0.107. The summed E-state index contributed by atoms with van der Waals surface area (Å²) in [6, 6.07) is 0.122. The van der Waals surface area contributed by atoms with Gasteiger partial charge in [-0.25, -0.2) is 0 Å². The monoisotopic (exact) mass is 237 g/mol. The second kappa shape index (κ2) is 5.89. The van der Waals surface area contributed by atoms with Crippen molar-refractivity contribution in [1.29, 1.82) is 0 Å². The fraction of sp³-hybridized carbons (Fsp3) is 0.867. The summed E-state index contributed by atoms with van der Waals surface area (Å²) in [5, 5.41) is 0. The quantitative estimate of drug-likeness (QED) is 0.589. The number of nitrogens with two attached hydrogens (primary N) is 1. The molecule has 1 atom stereocenters. The van der Waals surface area contributed by atoms with Crippen LogP contribution in [0.3, 0.4) is 0 Å². The normalized spacial score (nSPS) is 23.9. The number of rotatable bonds is 5. The molecular weight excluding hydrogens is 210 g/mol. The fourth-order valence-corrected chi connectivity index (χ4v) is 2.76. The van der Waals surface area contributed by atoms with E-state index in [2.05, 4.69) is 19.8 Å². The van der Waals surface area contributed by atoms with Gasteiger partial charge in [0.2, 0.25) is 0 Å². The largest absolute Gasteiger partial charge is 0.377 e. The summed E-state index contributed by atoms with van der Waals surface area (Å²) >= 11 is 0. The maximum atomic E-state index is 6.33. The van der Waals surface area contributed by atoms with E-state index >= 15 is 0 Å². The number of hydrogen-bond acceptors (Lipinski definition) is 2. The van der Waals surface area contributed by atoms with Crippen molar-refractivity contribution in [2.75, 3.05) is 7.11 Å². The van der Waals surface area contributed by atoms with Crippen molar-refractivity contribution in [3.05, 3.63) is 0 Å². The Morgan fingerprint density at radius 2 is 1.88 bits per heavy atom. The van der Waals surface area contributed by atoms with Crippen molar-refractivity contribution in [1.82, 2.24) is 0 Å². The van der Waals surface area contributed by atoms with E-state index in [0.29, 0.717) is 5.41 Å². The smallest absolute Gasteiger partial charge is 0.0829 e. The molecule has 0 amide bonds. The number of unbranched alkanes of at least 4 members (excludes halogenated alkanes) is 1. The first-order chi connectivity index (χ1) is 7.96. The Morgan fingerprint density at radius 3 is 2.35 bits per heavy atom. The summed E-state index contributed by atoms with van der Waals surface area (Å²) in [5.74, 6) is 2.67. The number of hydrogen-bond donors (Lipinski definition) is 1. The van der Waals surface area contributed by atoms with Crippen LogP contribution in [-0.4, -0.2) is 18.8 Å². The standard InChI is InChI=1S/C15H27NO/c1-5-6-7-8-13(16)15(17-4)11-9-14(2,3)10-12-15/h1,13H,6-12,16H2,2-4H3. The number of methoxy groups -OCH3 is 1. The van der Waals surface area contributed by atoms with Crippen molar-refractivity contribution in [3.63, 3.8) is 0 Å². The lowest BCUT2D eigenvalue weighted by molar-refractivity contribution is -0.0799. The van der Waals surface area contributed by atoms with Crippen LogP contribution in [-0.2, 0) is 4.74 Å². The summed E-state index contributed by atoms with van der Waals surface area (Å²) in [5.41, 5.74) is 6.67. The first-order valence-electron chi connectivity index (χ1n) is 6.70. The highest BCUT2D eigenvalue weighted by Crippen LogP contribution is 2.43. The van der Waals surface area contributed by atoms with Crippen LogP contribution < -0.4 is 5.73 Å². The molecule has 0 bridgehead atoms. The van der Waals surface area contributed by atoms with Crippen LogP contribution in [0.2, 0.25) is 0 Å². The number of terminal acetylenes is 1. The molecule has 0 spiro atoms. The van der Waals surface area contributed by atoms with Gasteiger partial charge in [-0.1, -0.05) is 13.8 Å². The van der Waals surface area contributed by atoms with Gasteiger partial charge in [0, 0.05) is 19.6 Å². The van der Waals surface area contributed by atoms with Crippen LogP contribution >= 0.6 is 0 Å². The first-order valence-corrected chi connectivity index (χ1v) is 6.70. The Kier molecular flexibility index (Phi) is 5.04. The molecule has 0 aromatic heterocycles. The highest BCUT2D eigenvalue weighted by Gasteiger charge is 2.42. The van der Waals surface area contributed by atoms with E-state index in [1.165, 1.54) is 12.8 Å². The van der Waals surface area contributed by atoms with Gasteiger partial charge >= 0.3 is 0 Å². The molecule has 0 aliphatic heterocycles. The Morgan fingerprint density at radius 1 is 1.29 bits per heavy atom. The van der Waals surface area contributed by atoms with Crippen molar-refractivity contribution in [2.24, 2.45) is 11.1 Å². The Bertz CT molecular complexity index is 267. The van der Waals surface area contributed by atoms with Gasteiger partial charge in [-0.15, -0.1) is 12.3 Å². The van der Waals surface area contributed by atoms with E-state index in [1.807, 2.05) is 0 Å². The molecule has 2 nitrogen and oxygen atoms in total. The zero-order chi connectivity index (χ0) is 12.9. The van der Waals surface area contributed by atoms with Gasteiger partial charge in [-0.2, -0.15) is 0 Å². The van der Waals surface area contributed by atoms with Gasteiger partial charge in [0.1, 0.15) is 0 Å². The summed E-state index contributed by atoms with van der Waals surface area (Å²) in [6.45, 7) is 4.66. The summed E-state index contributed by atoms with van der Waals surface area (Å²) in [7, 11) is 1.80. The van der Waals surface area contributed by atoms with Crippen molar-refractivity contribution >= 4 is 0 Å². The SMILES string of the molecule is C#CCCCC(N)C1(OC)CCC(C)(C)CC1. The van der Waals surface area contributed by atoms with Crippen LogP contribution in [0, 0.1) is 17.8 Å². The third kappa shape index (κ3) is 3.72. The minimum atomic E-state index is -0.107. The maximum absolute atomic E-state index is 6.33. The van der Waals surface area contributed by atoms with E-state index in [-0.39, 0.29) is 11.6 Å². The van der Waals surface area contributed by atoms with Crippen LogP contribution in [0.15, 0.2) is 0 Å². The first kappa shape index (κ1) is 14.5. The maximum Gasteiger partial charge on any atom is 0.0829 e. The Labute approximate surface area is 106 Å². The molecule has 1 unspecified atom stereocenters. The highest BCUT2D eigenvalue weighted by atomic mass is 16.5. The van der Waals surface area contributed by atoms with Crippen molar-refractivity contribution < 1.29 is 4.74 Å². The minimum Gasteiger partial charge on any atom is -0.377 e. The van der Waals surface area contributed by atoms with Gasteiger partial charge in [0.25, 0.3) is 0 Å². The van der Waals surface area contributed by atoms with Gasteiger partial charge in [0.15, 0.2) is 0 Å². The van der Waals surface area contributed by atoms with Crippen molar-refractivity contribution in [2.45, 2.75) is 70.4 Å². The molecule has 0 aromatic rings. The highest BCUT2D eigenvalue weighted by molar-refractivity contribution is 4.97.